The summed E-state index contributed by atoms with van der Waals surface area (Å²) in [5, 5.41) is 20.3. The zero-order chi connectivity index (χ0) is 15.5. The summed E-state index contributed by atoms with van der Waals surface area (Å²) in [6.45, 7) is 1.44. The number of aryl methyl sites for hydroxylation is 1. The molecule has 2 N–H and O–H groups in total. The SMILES string of the molecule is O=C(O)C1CCC1C(=O)NCCc1nnc2n1CCCCC2. The molecule has 2 heterocycles. The van der Waals surface area contributed by atoms with Crippen molar-refractivity contribution in [1.29, 1.82) is 0 Å². The van der Waals surface area contributed by atoms with Gasteiger partial charge in [-0.05, 0) is 25.7 Å². The molecule has 120 valence electrons. The Morgan fingerprint density at radius 3 is 2.73 bits per heavy atom. The molecule has 22 heavy (non-hydrogen) atoms. The second-order valence-corrected chi connectivity index (χ2v) is 6.16. The van der Waals surface area contributed by atoms with Gasteiger partial charge in [0.05, 0.1) is 11.8 Å². The molecule has 1 amide bonds. The molecule has 1 fully saturated rings. The Bertz CT molecular complexity index is 569. The van der Waals surface area contributed by atoms with Crippen LogP contribution in [0.1, 0.15) is 43.8 Å². The number of aromatic nitrogens is 3. The van der Waals surface area contributed by atoms with Crippen molar-refractivity contribution >= 4 is 11.9 Å². The summed E-state index contributed by atoms with van der Waals surface area (Å²) in [5.74, 6) is 0.0742. The van der Waals surface area contributed by atoms with E-state index in [0.29, 0.717) is 25.8 Å². The summed E-state index contributed by atoms with van der Waals surface area (Å²) < 4.78 is 2.17. The zero-order valence-corrected chi connectivity index (χ0v) is 12.6. The second-order valence-electron chi connectivity index (χ2n) is 6.16. The van der Waals surface area contributed by atoms with Crippen LogP contribution in [-0.4, -0.2) is 38.3 Å². The molecule has 0 spiro atoms. The van der Waals surface area contributed by atoms with Crippen LogP contribution < -0.4 is 5.32 Å². The van der Waals surface area contributed by atoms with Gasteiger partial charge in [0.15, 0.2) is 0 Å². The van der Waals surface area contributed by atoms with Crippen molar-refractivity contribution in [2.75, 3.05) is 6.54 Å². The Morgan fingerprint density at radius 1 is 1.18 bits per heavy atom. The molecule has 7 nitrogen and oxygen atoms in total. The van der Waals surface area contributed by atoms with Gasteiger partial charge in [-0.1, -0.05) is 6.42 Å². The van der Waals surface area contributed by atoms with E-state index in [4.69, 9.17) is 5.11 Å². The molecule has 1 aromatic rings. The van der Waals surface area contributed by atoms with E-state index in [9.17, 15) is 9.59 Å². The molecule has 7 heteroatoms. The average molecular weight is 306 g/mol. The van der Waals surface area contributed by atoms with Crippen LogP contribution in [0.4, 0.5) is 0 Å². The Labute approximate surface area is 129 Å². The number of hydrogen-bond acceptors (Lipinski definition) is 4. The van der Waals surface area contributed by atoms with Crippen molar-refractivity contribution in [2.24, 2.45) is 11.8 Å². The zero-order valence-electron chi connectivity index (χ0n) is 12.6. The smallest absolute Gasteiger partial charge is 0.307 e. The van der Waals surface area contributed by atoms with E-state index in [1.165, 1.54) is 6.42 Å². The number of carboxylic acid groups (broad SMARTS) is 1. The summed E-state index contributed by atoms with van der Waals surface area (Å²) in [5.41, 5.74) is 0. The van der Waals surface area contributed by atoms with Gasteiger partial charge in [-0.3, -0.25) is 9.59 Å². The summed E-state index contributed by atoms with van der Waals surface area (Å²) in [6.07, 6.45) is 6.41. The van der Waals surface area contributed by atoms with Gasteiger partial charge in [0.25, 0.3) is 0 Å². The molecule has 2 atom stereocenters. The predicted molar refractivity (Wildman–Crippen MR) is 78.1 cm³/mol. The van der Waals surface area contributed by atoms with E-state index in [-0.39, 0.29) is 11.8 Å². The quantitative estimate of drug-likeness (QED) is 0.837. The minimum atomic E-state index is -0.867. The second kappa shape index (κ2) is 6.46. The molecule has 1 aliphatic heterocycles. The predicted octanol–water partition coefficient (Wildman–Crippen LogP) is 0.774. The maximum absolute atomic E-state index is 12.0. The molecule has 0 radical (unpaired) electrons. The summed E-state index contributed by atoms with van der Waals surface area (Å²) in [4.78, 5) is 22.9. The van der Waals surface area contributed by atoms with Crippen LogP contribution in [0.3, 0.4) is 0 Å². The fourth-order valence-corrected chi connectivity index (χ4v) is 3.27. The van der Waals surface area contributed by atoms with Crippen molar-refractivity contribution in [3.8, 4) is 0 Å². The van der Waals surface area contributed by atoms with Crippen molar-refractivity contribution in [3.63, 3.8) is 0 Å². The van der Waals surface area contributed by atoms with Gasteiger partial charge in [-0.15, -0.1) is 10.2 Å². The molecular weight excluding hydrogens is 284 g/mol. The first-order chi connectivity index (χ1) is 10.7. The van der Waals surface area contributed by atoms with Crippen LogP contribution in [0.25, 0.3) is 0 Å². The van der Waals surface area contributed by atoms with Gasteiger partial charge in [-0.25, -0.2) is 0 Å². The third-order valence-electron chi connectivity index (χ3n) is 4.76. The molecule has 2 aliphatic rings. The normalized spacial score (nSPS) is 24.0. The van der Waals surface area contributed by atoms with Crippen LogP contribution in [0.5, 0.6) is 0 Å². The lowest BCUT2D eigenvalue weighted by Gasteiger charge is -2.31. The highest BCUT2D eigenvalue weighted by Gasteiger charge is 2.41. The molecular formula is C15H22N4O3. The minimum absolute atomic E-state index is 0.144. The number of amides is 1. The molecule has 1 aromatic heterocycles. The van der Waals surface area contributed by atoms with Crippen molar-refractivity contribution in [3.05, 3.63) is 11.6 Å². The molecule has 0 aromatic carbocycles. The van der Waals surface area contributed by atoms with Crippen LogP contribution in [0.15, 0.2) is 0 Å². The Balaban J connectivity index is 1.50. The molecule has 3 rings (SSSR count). The number of rotatable bonds is 5. The molecule has 0 saturated heterocycles. The lowest BCUT2D eigenvalue weighted by molar-refractivity contribution is -0.152. The van der Waals surface area contributed by atoms with Gasteiger partial charge in [0.1, 0.15) is 11.6 Å². The van der Waals surface area contributed by atoms with Gasteiger partial charge in [0.2, 0.25) is 5.91 Å². The van der Waals surface area contributed by atoms with E-state index < -0.39 is 11.9 Å². The molecule has 2 unspecified atom stereocenters. The third-order valence-corrected chi connectivity index (χ3v) is 4.76. The maximum atomic E-state index is 12.0. The number of hydrogen-bond donors (Lipinski definition) is 2. The summed E-state index contributed by atoms with van der Waals surface area (Å²) in [7, 11) is 0. The number of carboxylic acids is 1. The van der Waals surface area contributed by atoms with E-state index in [0.717, 1.165) is 37.5 Å². The van der Waals surface area contributed by atoms with E-state index in [1.54, 1.807) is 0 Å². The average Bonchev–Trinajstić information content (AvgIpc) is 2.66. The topological polar surface area (TPSA) is 97.1 Å². The number of nitrogens with one attached hydrogen (secondary N) is 1. The maximum Gasteiger partial charge on any atom is 0.307 e. The summed E-state index contributed by atoms with van der Waals surface area (Å²) in [6, 6.07) is 0. The van der Waals surface area contributed by atoms with E-state index in [1.807, 2.05) is 0 Å². The Kier molecular flexibility index (Phi) is 4.40. The van der Waals surface area contributed by atoms with E-state index in [2.05, 4.69) is 20.1 Å². The van der Waals surface area contributed by atoms with Crippen LogP contribution in [0.2, 0.25) is 0 Å². The Hall–Kier alpha value is -1.92. The van der Waals surface area contributed by atoms with Gasteiger partial charge in [-0.2, -0.15) is 0 Å². The Morgan fingerprint density at radius 2 is 2.00 bits per heavy atom. The van der Waals surface area contributed by atoms with Crippen molar-refractivity contribution in [2.45, 2.75) is 51.5 Å². The number of carbonyl (C=O) groups excluding carboxylic acids is 1. The highest BCUT2D eigenvalue weighted by molar-refractivity contribution is 5.86. The first-order valence-corrected chi connectivity index (χ1v) is 8.08. The molecule has 1 aliphatic carbocycles. The van der Waals surface area contributed by atoms with Crippen molar-refractivity contribution < 1.29 is 14.7 Å². The van der Waals surface area contributed by atoms with Gasteiger partial charge >= 0.3 is 5.97 Å². The fraction of sp³-hybridized carbons (Fsp3) is 0.733. The number of fused-ring (bicyclic) bond motifs is 1. The lowest BCUT2D eigenvalue weighted by Crippen LogP contribution is -2.44. The first-order valence-electron chi connectivity index (χ1n) is 8.08. The highest BCUT2D eigenvalue weighted by atomic mass is 16.4. The monoisotopic (exact) mass is 306 g/mol. The number of aliphatic carboxylic acids is 1. The fourth-order valence-electron chi connectivity index (χ4n) is 3.27. The standard InChI is InChI=1S/C15H22N4O3/c20-14(10-5-6-11(10)15(21)22)16-8-7-13-18-17-12-4-2-1-3-9-19(12)13/h10-11H,1-9H2,(H,16,20)(H,21,22). The van der Waals surface area contributed by atoms with Crippen LogP contribution in [0, 0.1) is 11.8 Å². The van der Waals surface area contributed by atoms with E-state index >= 15 is 0 Å². The van der Waals surface area contributed by atoms with Gasteiger partial charge < -0.3 is 15.0 Å². The number of nitrogens with zero attached hydrogens (tertiary/aromatic N) is 3. The highest BCUT2D eigenvalue weighted by Crippen LogP contribution is 2.34. The summed E-state index contributed by atoms with van der Waals surface area (Å²) >= 11 is 0. The van der Waals surface area contributed by atoms with Crippen LogP contribution >= 0.6 is 0 Å². The number of carbonyl (C=O) groups is 2. The lowest BCUT2D eigenvalue weighted by atomic mass is 9.73. The third kappa shape index (κ3) is 2.98. The molecule has 1 saturated carbocycles. The van der Waals surface area contributed by atoms with Crippen LogP contribution in [-0.2, 0) is 29.0 Å². The molecule has 0 bridgehead atoms. The van der Waals surface area contributed by atoms with Crippen molar-refractivity contribution in [1.82, 2.24) is 20.1 Å². The first kappa shape index (κ1) is 15.0. The largest absolute Gasteiger partial charge is 0.481 e. The minimum Gasteiger partial charge on any atom is -0.481 e. The van der Waals surface area contributed by atoms with Gasteiger partial charge in [0, 0.05) is 25.9 Å².